The number of hydrogen-bond donors (Lipinski definition) is 1. The summed E-state index contributed by atoms with van der Waals surface area (Å²) in [7, 11) is 1.59. The van der Waals surface area contributed by atoms with Crippen LogP contribution in [0.25, 0.3) is 11.3 Å². The Bertz CT molecular complexity index is 842. The lowest BCUT2D eigenvalue weighted by molar-refractivity contribution is 0.0954. The van der Waals surface area contributed by atoms with Crippen LogP contribution in [-0.4, -0.2) is 24.7 Å². The number of rotatable bonds is 6. The monoisotopic (exact) mass is 356 g/mol. The van der Waals surface area contributed by atoms with Gasteiger partial charge in [-0.25, -0.2) is 0 Å². The first-order valence-electron chi connectivity index (χ1n) is 7.79. The van der Waals surface area contributed by atoms with Crippen LogP contribution in [0.15, 0.2) is 59.1 Å². The maximum absolute atomic E-state index is 12.1. The topological polar surface area (TPSA) is 64.4 Å². The number of halogens is 1. The highest BCUT2D eigenvalue weighted by molar-refractivity contribution is 6.30. The van der Waals surface area contributed by atoms with E-state index in [1.165, 1.54) is 0 Å². The third-order valence-corrected chi connectivity index (χ3v) is 3.96. The number of aromatic nitrogens is 1. The molecule has 25 heavy (non-hydrogen) atoms. The fraction of sp³-hybridized carbons (Fsp3) is 0.158. The molecule has 1 amide bonds. The summed E-state index contributed by atoms with van der Waals surface area (Å²) in [5, 5.41) is 7.57. The Morgan fingerprint density at radius 1 is 1.16 bits per heavy atom. The van der Waals surface area contributed by atoms with Crippen molar-refractivity contribution in [3.8, 4) is 17.1 Å². The lowest BCUT2D eigenvalue weighted by atomic mass is 10.1. The average Bonchev–Trinajstić information content (AvgIpc) is 3.11. The number of ether oxygens (including phenoxy) is 1. The highest BCUT2D eigenvalue weighted by Crippen LogP contribution is 2.22. The number of nitrogens with one attached hydrogen (secondary N) is 1. The first-order chi connectivity index (χ1) is 12.2. The first-order valence-corrected chi connectivity index (χ1v) is 8.17. The smallest absolute Gasteiger partial charge is 0.251 e. The van der Waals surface area contributed by atoms with Gasteiger partial charge in [-0.3, -0.25) is 4.79 Å². The molecule has 0 spiro atoms. The van der Waals surface area contributed by atoms with Gasteiger partial charge in [-0.2, -0.15) is 0 Å². The molecule has 0 atom stereocenters. The Labute approximate surface area is 150 Å². The van der Waals surface area contributed by atoms with Gasteiger partial charge in [0.1, 0.15) is 5.75 Å². The van der Waals surface area contributed by atoms with E-state index in [9.17, 15) is 4.79 Å². The minimum atomic E-state index is -0.135. The second-order valence-corrected chi connectivity index (χ2v) is 5.86. The summed E-state index contributed by atoms with van der Waals surface area (Å²) < 4.78 is 10.4. The molecule has 0 saturated heterocycles. The normalized spacial score (nSPS) is 10.5. The van der Waals surface area contributed by atoms with E-state index in [4.69, 9.17) is 20.9 Å². The molecule has 3 rings (SSSR count). The van der Waals surface area contributed by atoms with Crippen LogP contribution in [0.3, 0.4) is 0 Å². The highest BCUT2D eigenvalue weighted by atomic mass is 35.5. The molecule has 1 N–H and O–H groups in total. The summed E-state index contributed by atoms with van der Waals surface area (Å²) in [4.78, 5) is 12.1. The standard InChI is InChI=1S/C19H17ClN2O3/c1-24-17-8-4-14(5-9-17)19(23)21-11-10-16-12-18(25-22-16)13-2-6-15(20)7-3-13/h2-9,12H,10-11H2,1H3,(H,21,23). The molecular weight excluding hydrogens is 340 g/mol. The molecule has 5 nitrogen and oxygen atoms in total. The van der Waals surface area contributed by atoms with Crippen molar-refractivity contribution >= 4 is 17.5 Å². The Morgan fingerprint density at radius 2 is 1.88 bits per heavy atom. The number of amides is 1. The largest absolute Gasteiger partial charge is 0.497 e. The van der Waals surface area contributed by atoms with Crippen LogP contribution in [-0.2, 0) is 6.42 Å². The fourth-order valence-electron chi connectivity index (χ4n) is 2.33. The predicted molar refractivity (Wildman–Crippen MR) is 96.0 cm³/mol. The lowest BCUT2D eigenvalue weighted by Gasteiger charge is -2.05. The number of carbonyl (C=O) groups excluding carboxylic acids is 1. The van der Waals surface area contributed by atoms with Gasteiger partial charge in [-0.1, -0.05) is 16.8 Å². The van der Waals surface area contributed by atoms with Gasteiger partial charge in [-0.15, -0.1) is 0 Å². The van der Waals surface area contributed by atoms with Crippen molar-refractivity contribution in [3.63, 3.8) is 0 Å². The van der Waals surface area contributed by atoms with Gasteiger partial charge in [0.25, 0.3) is 5.91 Å². The molecule has 0 aliphatic carbocycles. The third-order valence-electron chi connectivity index (χ3n) is 3.71. The molecule has 0 unspecified atom stereocenters. The van der Waals surface area contributed by atoms with Crippen LogP contribution in [0, 0.1) is 0 Å². The SMILES string of the molecule is COc1ccc(C(=O)NCCc2cc(-c3ccc(Cl)cc3)on2)cc1. The van der Waals surface area contributed by atoms with Crippen molar-refractivity contribution in [2.75, 3.05) is 13.7 Å². The lowest BCUT2D eigenvalue weighted by Crippen LogP contribution is -2.25. The number of nitrogens with zero attached hydrogens (tertiary/aromatic N) is 1. The first kappa shape index (κ1) is 17.0. The summed E-state index contributed by atoms with van der Waals surface area (Å²) in [6.45, 7) is 0.470. The minimum absolute atomic E-state index is 0.135. The van der Waals surface area contributed by atoms with Gasteiger partial charge in [-0.05, 0) is 48.5 Å². The maximum Gasteiger partial charge on any atom is 0.251 e. The average molecular weight is 357 g/mol. The van der Waals surface area contributed by atoms with Crippen molar-refractivity contribution in [1.29, 1.82) is 0 Å². The zero-order chi connectivity index (χ0) is 17.6. The molecule has 128 valence electrons. The molecule has 0 saturated carbocycles. The van der Waals surface area contributed by atoms with E-state index in [2.05, 4.69) is 10.5 Å². The third kappa shape index (κ3) is 4.39. The summed E-state index contributed by atoms with van der Waals surface area (Å²) in [6, 6.07) is 16.2. The Hall–Kier alpha value is -2.79. The quantitative estimate of drug-likeness (QED) is 0.725. The molecule has 0 radical (unpaired) electrons. The van der Waals surface area contributed by atoms with E-state index in [1.807, 2.05) is 18.2 Å². The van der Waals surface area contributed by atoms with E-state index in [0.717, 1.165) is 11.3 Å². The molecule has 0 aliphatic rings. The Kier molecular flexibility index (Phi) is 5.36. The molecule has 0 fully saturated rings. The van der Waals surface area contributed by atoms with Crippen LogP contribution in [0.1, 0.15) is 16.1 Å². The highest BCUT2D eigenvalue weighted by Gasteiger charge is 2.09. The predicted octanol–water partition coefficient (Wildman–Crippen LogP) is 3.98. The molecule has 2 aromatic carbocycles. The number of methoxy groups -OCH3 is 1. The number of benzene rings is 2. The maximum atomic E-state index is 12.1. The molecular formula is C19H17ClN2O3. The molecule has 6 heteroatoms. The second kappa shape index (κ2) is 7.85. The molecule has 1 heterocycles. The van der Waals surface area contributed by atoms with Crippen molar-refractivity contribution in [2.24, 2.45) is 0 Å². The minimum Gasteiger partial charge on any atom is -0.497 e. The van der Waals surface area contributed by atoms with E-state index < -0.39 is 0 Å². The van der Waals surface area contributed by atoms with Crippen LogP contribution >= 0.6 is 11.6 Å². The molecule has 1 aromatic heterocycles. The second-order valence-electron chi connectivity index (χ2n) is 5.42. The van der Waals surface area contributed by atoms with Gasteiger partial charge in [0.05, 0.1) is 12.8 Å². The fourth-order valence-corrected chi connectivity index (χ4v) is 2.45. The zero-order valence-electron chi connectivity index (χ0n) is 13.7. The van der Waals surface area contributed by atoms with E-state index >= 15 is 0 Å². The van der Waals surface area contributed by atoms with Gasteiger partial charge < -0.3 is 14.6 Å². The van der Waals surface area contributed by atoms with E-state index in [0.29, 0.717) is 35.1 Å². The zero-order valence-corrected chi connectivity index (χ0v) is 14.4. The van der Waals surface area contributed by atoms with Gasteiger partial charge in [0.2, 0.25) is 0 Å². The number of carbonyl (C=O) groups is 1. The summed E-state index contributed by atoms with van der Waals surface area (Å²) in [5.74, 6) is 1.26. The van der Waals surface area contributed by atoms with Crippen LogP contribution < -0.4 is 10.1 Å². The Morgan fingerprint density at radius 3 is 2.56 bits per heavy atom. The van der Waals surface area contributed by atoms with Crippen LogP contribution in [0.2, 0.25) is 5.02 Å². The molecule has 3 aromatic rings. The molecule has 0 aliphatic heterocycles. The summed E-state index contributed by atoms with van der Waals surface area (Å²) in [6.07, 6.45) is 0.582. The van der Waals surface area contributed by atoms with Crippen molar-refractivity contribution < 1.29 is 14.1 Å². The molecule has 0 bridgehead atoms. The van der Waals surface area contributed by atoms with Crippen molar-refractivity contribution in [3.05, 3.63) is 70.9 Å². The van der Waals surface area contributed by atoms with Crippen molar-refractivity contribution in [1.82, 2.24) is 10.5 Å². The van der Waals surface area contributed by atoms with Gasteiger partial charge in [0, 0.05) is 35.2 Å². The number of hydrogen-bond acceptors (Lipinski definition) is 4. The van der Waals surface area contributed by atoms with E-state index in [-0.39, 0.29) is 5.91 Å². The summed E-state index contributed by atoms with van der Waals surface area (Å²) in [5.41, 5.74) is 2.27. The van der Waals surface area contributed by atoms with Crippen LogP contribution in [0.4, 0.5) is 0 Å². The van der Waals surface area contributed by atoms with Crippen LogP contribution in [0.5, 0.6) is 5.75 Å². The summed E-state index contributed by atoms with van der Waals surface area (Å²) >= 11 is 5.88. The Balaban J connectivity index is 1.53. The van der Waals surface area contributed by atoms with Crippen molar-refractivity contribution in [2.45, 2.75) is 6.42 Å². The van der Waals surface area contributed by atoms with Gasteiger partial charge in [0.15, 0.2) is 5.76 Å². The van der Waals surface area contributed by atoms with Gasteiger partial charge >= 0.3 is 0 Å². The van der Waals surface area contributed by atoms with E-state index in [1.54, 1.807) is 43.5 Å².